The quantitative estimate of drug-likeness (QED) is 0.312. The maximum Gasteiger partial charge on any atom is 0.191 e. The van der Waals surface area contributed by atoms with Gasteiger partial charge in [0.2, 0.25) is 0 Å². The maximum atomic E-state index is 13.0. The van der Waals surface area contributed by atoms with Gasteiger partial charge >= 0.3 is 0 Å². The third-order valence-corrected chi connectivity index (χ3v) is 4.32. The van der Waals surface area contributed by atoms with Crippen molar-refractivity contribution in [1.29, 1.82) is 0 Å². The van der Waals surface area contributed by atoms with E-state index in [0.717, 1.165) is 17.9 Å². The van der Waals surface area contributed by atoms with Gasteiger partial charge in [-0.2, -0.15) is 0 Å². The molecule has 0 aliphatic heterocycles. The Balaban J connectivity index is 0.00000280. The Morgan fingerprint density at radius 1 is 1.04 bits per heavy atom. The molecule has 0 radical (unpaired) electrons. The number of halogens is 2. The van der Waals surface area contributed by atoms with Crippen molar-refractivity contribution >= 4 is 29.9 Å². The lowest BCUT2D eigenvalue weighted by molar-refractivity contribution is 0.626. The van der Waals surface area contributed by atoms with Crippen LogP contribution in [0.15, 0.2) is 65.9 Å². The van der Waals surface area contributed by atoms with Crippen LogP contribution in [-0.2, 0) is 19.6 Å². The van der Waals surface area contributed by atoms with E-state index in [1.807, 2.05) is 19.3 Å². The van der Waals surface area contributed by atoms with Gasteiger partial charge in [0, 0.05) is 39.1 Å². The molecule has 1 aromatic heterocycles. The Labute approximate surface area is 182 Å². The second-order valence-corrected chi connectivity index (χ2v) is 6.33. The van der Waals surface area contributed by atoms with E-state index in [9.17, 15) is 4.39 Å². The topological polar surface area (TPSA) is 54.2 Å². The molecule has 3 rings (SSSR count). The number of rotatable bonds is 6. The van der Waals surface area contributed by atoms with Crippen molar-refractivity contribution in [3.63, 3.8) is 0 Å². The van der Waals surface area contributed by atoms with Gasteiger partial charge in [-0.1, -0.05) is 36.4 Å². The normalized spacial score (nSPS) is 11.0. The molecule has 0 unspecified atom stereocenters. The van der Waals surface area contributed by atoms with Crippen LogP contribution in [0, 0.1) is 12.7 Å². The maximum absolute atomic E-state index is 13.0. The molecular weight excluding hydrogens is 468 g/mol. The fourth-order valence-electron chi connectivity index (χ4n) is 2.80. The summed E-state index contributed by atoms with van der Waals surface area (Å²) in [4.78, 5) is 8.50. The largest absolute Gasteiger partial charge is 0.352 e. The molecule has 3 aromatic rings. The zero-order valence-electron chi connectivity index (χ0n) is 16.0. The van der Waals surface area contributed by atoms with Gasteiger partial charge in [-0.15, -0.1) is 24.0 Å². The van der Waals surface area contributed by atoms with Crippen molar-refractivity contribution in [3.05, 3.63) is 89.3 Å². The van der Waals surface area contributed by atoms with Crippen LogP contribution < -0.4 is 10.6 Å². The van der Waals surface area contributed by atoms with Gasteiger partial charge in [-0.05, 0) is 35.7 Å². The SMILES string of the molecule is CN=C(NCc1ccc(F)cc1)NCc1cccc(Cn2ccnc2C)c1.I. The molecule has 2 aromatic carbocycles. The van der Waals surface area contributed by atoms with E-state index in [1.54, 1.807) is 19.2 Å². The van der Waals surface area contributed by atoms with Crippen molar-refractivity contribution in [2.75, 3.05) is 7.05 Å². The van der Waals surface area contributed by atoms with Crippen molar-refractivity contribution in [3.8, 4) is 0 Å². The first-order valence-corrected chi connectivity index (χ1v) is 8.88. The van der Waals surface area contributed by atoms with E-state index in [1.165, 1.54) is 23.3 Å². The molecule has 0 saturated heterocycles. The van der Waals surface area contributed by atoms with Crippen molar-refractivity contribution in [2.45, 2.75) is 26.6 Å². The lowest BCUT2D eigenvalue weighted by Gasteiger charge is -2.13. The first-order chi connectivity index (χ1) is 13.1. The average Bonchev–Trinajstić information content (AvgIpc) is 3.08. The number of imidazole rings is 1. The van der Waals surface area contributed by atoms with E-state index < -0.39 is 0 Å². The van der Waals surface area contributed by atoms with Crippen molar-refractivity contribution in [2.24, 2.45) is 4.99 Å². The highest BCUT2D eigenvalue weighted by Gasteiger charge is 2.03. The minimum absolute atomic E-state index is 0. The van der Waals surface area contributed by atoms with Crippen LogP contribution in [0.2, 0.25) is 0 Å². The van der Waals surface area contributed by atoms with Gasteiger partial charge in [-0.25, -0.2) is 9.37 Å². The summed E-state index contributed by atoms with van der Waals surface area (Å²) in [7, 11) is 1.73. The summed E-state index contributed by atoms with van der Waals surface area (Å²) in [6, 6.07) is 14.9. The van der Waals surface area contributed by atoms with Crippen LogP contribution in [0.1, 0.15) is 22.5 Å². The van der Waals surface area contributed by atoms with Crippen LogP contribution in [0.25, 0.3) is 0 Å². The smallest absolute Gasteiger partial charge is 0.191 e. The third kappa shape index (κ3) is 6.33. The monoisotopic (exact) mass is 493 g/mol. The molecule has 0 aliphatic rings. The Hall–Kier alpha value is -2.42. The van der Waals surface area contributed by atoms with Crippen LogP contribution in [0.3, 0.4) is 0 Å². The molecule has 0 bridgehead atoms. The number of hydrogen-bond donors (Lipinski definition) is 2. The molecule has 28 heavy (non-hydrogen) atoms. The summed E-state index contributed by atoms with van der Waals surface area (Å²) in [5.74, 6) is 1.48. The number of aromatic nitrogens is 2. The van der Waals surface area contributed by atoms with Gasteiger partial charge in [0.15, 0.2) is 5.96 Å². The minimum Gasteiger partial charge on any atom is -0.352 e. The number of hydrogen-bond acceptors (Lipinski definition) is 2. The van der Waals surface area contributed by atoms with Crippen LogP contribution in [0.4, 0.5) is 4.39 Å². The van der Waals surface area contributed by atoms with Crippen molar-refractivity contribution in [1.82, 2.24) is 20.2 Å². The van der Waals surface area contributed by atoms with Gasteiger partial charge < -0.3 is 15.2 Å². The van der Waals surface area contributed by atoms with E-state index in [4.69, 9.17) is 0 Å². The first-order valence-electron chi connectivity index (χ1n) is 8.88. The van der Waals surface area contributed by atoms with E-state index >= 15 is 0 Å². The summed E-state index contributed by atoms with van der Waals surface area (Å²) < 4.78 is 15.1. The highest BCUT2D eigenvalue weighted by molar-refractivity contribution is 14.0. The van der Waals surface area contributed by atoms with Crippen LogP contribution >= 0.6 is 24.0 Å². The Bertz CT molecular complexity index is 905. The van der Waals surface area contributed by atoms with Gasteiger partial charge in [0.05, 0.1) is 0 Å². The van der Waals surface area contributed by atoms with Crippen LogP contribution in [-0.4, -0.2) is 22.6 Å². The molecule has 1 heterocycles. The Morgan fingerprint density at radius 3 is 2.36 bits per heavy atom. The lowest BCUT2D eigenvalue weighted by atomic mass is 10.1. The molecule has 0 aliphatic carbocycles. The third-order valence-electron chi connectivity index (χ3n) is 4.32. The number of benzene rings is 2. The fourth-order valence-corrected chi connectivity index (χ4v) is 2.80. The average molecular weight is 493 g/mol. The predicted octanol–water partition coefficient (Wildman–Crippen LogP) is 3.86. The molecular formula is C21H25FIN5. The second kappa shape index (κ2) is 10.8. The standard InChI is InChI=1S/C21H24FN5.HI/c1-16-24-10-11-27(16)15-19-5-3-4-18(12-19)14-26-21(23-2)25-13-17-6-8-20(22)9-7-17;/h3-12H,13-15H2,1-2H3,(H2,23,25,26);1H. The molecule has 7 heteroatoms. The van der Waals surface area contributed by atoms with Crippen molar-refractivity contribution < 1.29 is 4.39 Å². The Kier molecular flexibility index (Phi) is 8.43. The van der Waals surface area contributed by atoms with Gasteiger partial charge in [-0.3, -0.25) is 4.99 Å². The Morgan fingerprint density at radius 2 is 1.71 bits per heavy atom. The summed E-state index contributed by atoms with van der Waals surface area (Å²) in [6.45, 7) is 4.05. The van der Waals surface area contributed by atoms with Gasteiger partial charge in [0.25, 0.3) is 0 Å². The number of nitrogens with one attached hydrogen (secondary N) is 2. The number of aliphatic imine (C=N–C) groups is 1. The highest BCUT2D eigenvalue weighted by atomic mass is 127. The molecule has 148 valence electrons. The molecule has 2 N–H and O–H groups in total. The number of nitrogens with zero attached hydrogens (tertiary/aromatic N) is 3. The van der Waals surface area contributed by atoms with Crippen LogP contribution in [0.5, 0.6) is 0 Å². The zero-order chi connectivity index (χ0) is 19.1. The fraction of sp³-hybridized carbons (Fsp3) is 0.238. The molecule has 0 fully saturated rings. The molecule has 0 saturated carbocycles. The zero-order valence-corrected chi connectivity index (χ0v) is 18.4. The van der Waals surface area contributed by atoms with E-state index in [-0.39, 0.29) is 29.8 Å². The highest BCUT2D eigenvalue weighted by Crippen LogP contribution is 2.09. The molecule has 5 nitrogen and oxygen atoms in total. The van der Waals surface area contributed by atoms with E-state index in [0.29, 0.717) is 19.0 Å². The summed E-state index contributed by atoms with van der Waals surface area (Å²) in [6.07, 6.45) is 3.80. The number of aryl methyl sites for hydroxylation is 1. The summed E-state index contributed by atoms with van der Waals surface area (Å²) in [5, 5.41) is 6.55. The first kappa shape index (κ1) is 21.9. The minimum atomic E-state index is -0.230. The summed E-state index contributed by atoms with van der Waals surface area (Å²) in [5.41, 5.74) is 3.40. The second-order valence-electron chi connectivity index (χ2n) is 6.33. The lowest BCUT2D eigenvalue weighted by Crippen LogP contribution is -2.36. The molecule has 0 spiro atoms. The van der Waals surface area contributed by atoms with E-state index in [2.05, 4.69) is 49.4 Å². The molecule has 0 amide bonds. The van der Waals surface area contributed by atoms with Gasteiger partial charge in [0.1, 0.15) is 11.6 Å². The number of guanidine groups is 1. The predicted molar refractivity (Wildman–Crippen MR) is 121 cm³/mol. The molecule has 0 atom stereocenters. The summed E-state index contributed by atoms with van der Waals surface area (Å²) >= 11 is 0.